The van der Waals surface area contributed by atoms with Crippen molar-refractivity contribution in [2.24, 2.45) is 5.92 Å². The monoisotopic (exact) mass is 294 g/mol. The molecule has 3 rings (SSSR count). The number of nitrogens with zero attached hydrogens (tertiary/aromatic N) is 2. The molecule has 0 saturated carbocycles. The molecule has 20 heavy (non-hydrogen) atoms. The van der Waals surface area contributed by atoms with E-state index in [9.17, 15) is 9.59 Å². The van der Waals surface area contributed by atoms with Crippen molar-refractivity contribution < 1.29 is 9.59 Å². The van der Waals surface area contributed by atoms with Gasteiger partial charge in [-0.1, -0.05) is 11.3 Å². The van der Waals surface area contributed by atoms with Gasteiger partial charge in [-0.25, -0.2) is 4.98 Å². The second kappa shape index (κ2) is 5.49. The third-order valence-electron chi connectivity index (χ3n) is 3.84. The molecule has 1 fully saturated rings. The predicted molar refractivity (Wildman–Crippen MR) is 76.5 cm³/mol. The molecule has 2 amide bonds. The summed E-state index contributed by atoms with van der Waals surface area (Å²) in [6.45, 7) is 4.56. The fraction of sp³-hybridized carbons (Fsp3) is 0.615. The molecule has 2 aliphatic rings. The third kappa shape index (κ3) is 2.69. The van der Waals surface area contributed by atoms with Gasteiger partial charge in [0.1, 0.15) is 0 Å². The molecule has 1 aromatic rings. The molecular weight excluding hydrogens is 276 g/mol. The highest BCUT2D eigenvalue weighted by Gasteiger charge is 2.25. The number of hydrogen-bond donors (Lipinski definition) is 2. The van der Waals surface area contributed by atoms with Crippen LogP contribution in [-0.2, 0) is 22.6 Å². The van der Waals surface area contributed by atoms with Crippen LogP contribution in [0.5, 0.6) is 0 Å². The van der Waals surface area contributed by atoms with Gasteiger partial charge in [-0.2, -0.15) is 0 Å². The molecule has 0 bridgehead atoms. The molecule has 2 N–H and O–H groups in total. The number of carbonyl (C=O) groups is 2. The Hall–Kier alpha value is -1.47. The molecule has 7 heteroatoms. The Balaban J connectivity index is 1.67. The number of thiazole rings is 1. The number of anilines is 1. The summed E-state index contributed by atoms with van der Waals surface area (Å²) < 4.78 is 0. The van der Waals surface area contributed by atoms with Crippen molar-refractivity contribution in [3.05, 3.63) is 10.6 Å². The van der Waals surface area contributed by atoms with Gasteiger partial charge in [0.2, 0.25) is 11.8 Å². The zero-order chi connectivity index (χ0) is 14.1. The molecule has 1 saturated heterocycles. The van der Waals surface area contributed by atoms with Crippen LogP contribution >= 0.6 is 11.3 Å². The Kier molecular flexibility index (Phi) is 3.71. The number of carbonyl (C=O) groups excluding carboxylic acids is 2. The minimum absolute atomic E-state index is 0.0459. The van der Waals surface area contributed by atoms with Gasteiger partial charge < -0.3 is 15.5 Å². The summed E-state index contributed by atoms with van der Waals surface area (Å²) in [6.07, 6.45) is 1.65. The van der Waals surface area contributed by atoms with Crippen LogP contribution in [0.25, 0.3) is 0 Å². The fourth-order valence-corrected chi connectivity index (χ4v) is 3.63. The highest BCUT2D eigenvalue weighted by molar-refractivity contribution is 7.15. The molecular formula is C13H18N4O2S. The Labute approximate surface area is 121 Å². The molecule has 108 valence electrons. The quantitative estimate of drug-likeness (QED) is 0.837. The van der Waals surface area contributed by atoms with Crippen LogP contribution < -0.4 is 10.6 Å². The van der Waals surface area contributed by atoms with Crippen LogP contribution in [0.2, 0.25) is 0 Å². The summed E-state index contributed by atoms with van der Waals surface area (Å²) in [5.41, 5.74) is 1.02. The van der Waals surface area contributed by atoms with Crippen molar-refractivity contribution in [3.63, 3.8) is 0 Å². The van der Waals surface area contributed by atoms with Gasteiger partial charge in [-0.05, 0) is 13.0 Å². The standard InChI is InChI=1S/C13H18N4O2S/c1-8(18)17-5-3-10-11(7-17)20-13(15-10)16-12(19)9-2-4-14-6-9/h9,14H,2-7H2,1H3,(H,15,16,19). The topological polar surface area (TPSA) is 74.3 Å². The molecule has 1 atom stereocenters. The molecule has 0 aliphatic carbocycles. The number of hydrogen-bond acceptors (Lipinski definition) is 5. The Morgan fingerprint density at radius 2 is 2.35 bits per heavy atom. The average Bonchev–Trinajstić information content (AvgIpc) is 3.06. The first-order valence-corrected chi connectivity index (χ1v) is 7.71. The summed E-state index contributed by atoms with van der Waals surface area (Å²) in [7, 11) is 0. The largest absolute Gasteiger partial charge is 0.337 e. The van der Waals surface area contributed by atoms with Crippen LogP contribution in [0.4, 0.5) is 5.13 Å². The first kappa shape index (κ1) is 13.5. The minimum atomic E-state index is 0.0459. The van der Waals surface area contributed by atoms with Gasteiger partial charge in [0.05, 0.1) is 18.2 Å². The van der Waals surface area contributed by atoms with E-state index in [-0.39, 0.29) is 17.7 Å². The molecule has 1 unspecified atom stereocenters. The normalized spacial score (nSPS) is 21.6. The van der Waals surface area contributed by atoms with E-state index in [0.29, 0.717) is 18.2 Å². The molecule has 3 heterocycles. The van der Waals surface area contributed by atoms with Crippen molar-refractivity contribution in [1.82, 2.24) is 15.2 Å². The van der Waals surface area contributed by atoms with Gasteiger partial charge >= 0.3 is 0 Å². The van der Waals surface area contributed by atoms with Gasteiger partial charge in [-0.3, -0.25) is 9.59 Å². The molecule has 2 aliphatic heterocycles. The van der Waals surface area contributed by atoms with Crippen LogP contribution in [0, 0.1) is 5.92 Å². The van der Waals surface area contributed by atoms with Gasteiger partial charge in [0, 0.05) is 31.3 Å². The van der Waals surface area contributed by atoms with E-state index in [2.05, 4.69) is 15.6 Å². The summed E-state index contributed by atoms with van der Waals surface area (Å²) in [5, 5.41) is 6.76. The van der Waals surface area contributed by atoms with Crippen LogP contribution in [-0.4, -0.2) is 41.3 Å². The number of aromatic nitrogens is 1. The number of amides is 2. The lowest BCUT2D eigenvalue weighted by molar-refractivity contribution is -0.129. The summed E-state index contributed by atoms with van der Waals surface area (Å²) in [4.78, 5) is 30.8. The maximum absolute atomic E-state index is 12.1. The third-order valence-corrected chi connectivity index (χ3v) is 4.84. The maximum Gasteiger partial charge on any atom is 0.230 e. The van der Waals surface area contributed by atoms with Gasteiger partial charge in [0.25, 0.3) is 0 Å². The number of fused-ring (bicyclic) bond motifs is 1. The summed E-state index contributed by atoms with van der Waals surface area (Å²) in [5.74, 6) is 0.181. The zero-order valence-electron chi connectivity index (χ0n) is 11.4. The van der Waals surface area contributed by atoms with Crippen LogP contribution in [0.15, 0.2) is 0 Å². The van der Waals surface area contributed by atoms with E-state index in [4.69, 9.17) is 0 Å². The lowest BCUT2D eigenvalue weighted by atomic mass is 10.1. The highest BCUT2D eigenvalue weighted by atomic mass is 32.1. The smallest absolute Gasteiger partial charge is 0.230 e. The molecule has 6 nitrogen and oxygen atoms in total. The summed E-state index contributed by atoms with van der Waals surface area (Å²) in [6, 6.07) is 0. The number of nitrogens with one attached hydrogen (secondary N) is 2. The average molecular weight is 294 g/mol. The number of rotatable bonds is 2. The van der Waals surface area contributed by atoms with Crippen LogP contribution in [0.3, 0.4) is 0 Å². The van der Waals surface area contributed by atoms with E-state index in [0.717, 1.165) is 36.5 Å². The van der Waals surface area contributed by atoms with Crippen LogP contribution in [0.1, 0.15) is 23.9 Å². The summed E-state index contributed by atoms with van der Waals surface area (Å²) >= 11 is 1.49. The lowest BCUT2D eigenvalue weighted by Crippen LogP contribution is -2.33. The second-order valence-corrected chi connectivity index (χ2v) is 6.34. The van der Waals surface area contributed by atoms with E-state index in [1.807, 2.05) is 4.90 Å². The molecule has 0 spiro atoms. The van der Waals surface area contributed by atoms with Crippen molar-refractivity contribution in [1.29, 1.82) is 0 Å². The Morgan fingerprint density at radius 1 is 1.50 bits per heavy atom. The van der Waals surface area contributed by atoms with E-state index in [1.165, 1.54) is 11.3 Å². The van der Waals surface area contributed by atoms with E-state index >= 15 is 0 Å². The first-order valence-electron chi connectivity index (χ1n) is 6.89. The lowest BCUT2D eigenvalue weighted by Gasteiger charge is -2.24. The van der Waals surface area contributed by atoms with Crippen molar-refractivity contribution in [2.75, 3.05) is 25.0 Å². The van der Waals surface area contributed by atoms with Gasteiger partial charge in [0.15, 0.2) is 5.13 Å². The van der Waals surface area contributed by atoms with Crippen molar-refractivity contribution in [2.45, 2.75) is 26.3 Å². The Bertz CT molecular complexity index is 536. The first-order chi connectivity index (χ1) is 9.63. The SMILES string of the molecule is CC(=O)N1CCc2nc(NC(=O)C3CCNC3)sc2C1. The Morgan fingerprint density at radius 3 is 3.05 bits per heavy atom. The van der Waals surface area contributed by atoms with Crippen molar-refractivity contribution in [3.8, 4) is 0 Å². The molecule has 1 aromatic heterocycles. The maximum atomic E-state index is 12.1. The molecule has 0 radical (unpaired) electrons. The fourth-order valence-electron chi connectivity index (χ4n) is 2.60. The highest BCUT2D eigenvalue weighted by Crippen LogP contribution is 2.28. The van der Waals surface area contributed by atoms with E-state index < -0.39 is 0 Å². The zero-order valence-corrected chi connectivity index (χ0v) is 12.3. The van der Waals surface area contributed by atoms with Crippen molar-refractivity contribution >= 4 is 28.3 Å². The minimum Gasteiger partial charge on any atom is -0.337 e. The van der Waals surface area contributed by atoms with E-state index in [1.54, 1.807) is 6.92 Å². The molecule has 0 aromatic carbocycles. The second-order valence-electron chi connectivity index (χ2n) is 5.26. The van der Waals surface area contributed by atoms with Gasteiger partial charge in [-0.15, -0.1) is 0 Å². The predicted octanol–water partition coefficient (Wildman–Crippen LogP) is 0.596.